The van der Waals surface area contributed by atoms with Gasteiger partial charge in [-0.15, -0.1) is 0 Å². The Kier molecular flexibility index (Phi) is 4.26. The Bertz CT molecular complexity index is 440. The van der Waals surface area contributed by atoms with E-state index < -0.39 is 48.1 Å². The van der Waals surface area contributed by atoms with Crippen LogP contribution in [0.5, 0.6) is 0 Å². The second kappa shape index (κ2) is 5.32. The van der Waals surface area contributed by atoms with Gasteiger partial charge in [0.2, 0.25) is 0 Å². The van der Waals surface area contributed by atoms with E-state index in [0.717, 1.165) is 12.1 Å². The van der Waals surface area contributed by atoms with Gasteiger partial charge in [-0.25, -0.2) is 8.78 Å². The zero-order chi connectivity index (χ0) is 13.9. The summed E-state index contributed by atoms with van der Waals surface area (Å²) in [7, 11) is 0. The monoisotopic (exact) mass is 268 g/mol. The Hall–Kier alpha value is -1.66. The maximum atomic E-state index is 12.6. The minimum atomic E-state index is -4.78. The lowest BCUT2D eigenvalue weighted by molar-refractivity contribution is -0.140. The number of alkyl halides is 5. The van der Waals surface area contributed by atoms with Gasteiger partial charge >= 0.3 is 12.1 Å². The molecule has 0 aliphatic rings. The third-order valence-electron chi connectivity index (χ3n) is 2.34. The van der Waals surface area contributed by atoms with Crippen molar-refractivity contribution < 1.29 is 31.9 Å². The molecule has 0 saturated carbocycles. The van der Waals surface area contributed by atoms with Gasteiger partial charge in [0.25, 0.3) is 6.43 Å². The Morgan fingerprint density at radius 1 is 1.28 bits per heavy atom. The number of hydrogen-bond acceptors (Lipinski definition) is 1. The average Bonchev–Trinajstić information content (AvgIpc) is 2.24. The third kappa shape index (κ3) is 3.41. The molecule has 0 aromatic heterocycles. The zero-order valence-electron chi connectivity index (χ0n) is 8.97. The molecule has 0 radical (unpaired) electrons. The fraction of sp³-hybridized carbons (Fsp3) is 0.364. The first-order valence-corrected chi connectivity index (χ1v) is 4.92. The van der Waals surface area contributed by atoms with Crippen molar-refractivity contribution in [2.75, 3.05) is 0 Å². The van der Waals surface area contributed by atoms with Crippen molar-refractivity contribution in [3.63, 3.8) is 0 Å². The fourth-order valence-corrected chi connectivity index (χ4v) is 1.59. The van der Waals surface area contributed by atoms with Crippen LogP contribution in [0.2, 0.25) is 0 Å². The Morgan fingerprint density at radius 3 is 2.33 bits per heavy atom. The van der Waals surface area contributed by atoms with Gasteiger partial charge in [-0.3, -0.25) is 4.79 Å². The van der Waals surface area contributed by atoms with Crippen LogP contribution < -0.4 is 0 Å². The van der Waals surface area contributed by atoms with E-state index in [9.17, 15) is 26.7 Å². The van der Waals surface area contributed by atoms with Gasteiger partial charge in [0.15, 0.2) is 0 Å². The van der Waals surface area contributed by atoms with Crippen molar-refractivity contribution in [1.29, 1.82) is 0 Å². The molecule has 100 valence electrons. The first-order valence-electron chi connectivity index (χ1n) is 4.92. The maximum Gasteiger partial charge on any atom is 0.416 e. The maximum absolute atomic E-state index is 12.6. The van der Waals surface area contributed by atoms with E-state index in [2.05, 4.69) is 0 Å². The predicted octanol–water partition coefficient (Wildman–Crippen LogP) is 3.66. The highest BCUT2D eigenvalue weighted by atomic mass is 19.4. The van der Waals surface area contributed by atoms with Crippen LogP contribution in [0.1, 0.15) is 29.5 Å². The van der Waals surface area contributed by atoms with Gasteiger partial charge in [0.05, 0.1) is 5.56 Å². The summed E-state index contributed by atoms with van der Waals surface area (Å²) in [5, 5.41) is 8.43. The standard InChI is InChI=1S/C11H9F5O2/c12-10(13)7-2-1-3-8(11(14,15)16)6(7)4-5-9(17)18/h1-3,10H,4-5H2,(H,17,18). The number of halogens is 5. The van der Waals surface area contributed by atoms with Crippen LogP contribution in [0, 0.1) is 0 Å². The highest BCUT2D eigenvalue weighted by Crippen LogP contribution is 2.36. The normalized spacial score (nSPS) is 11.9. The number of carbonyl (C=O) groups is 1. The molecule has 1 N–H and O–H groups in total. The lowest BCUT2D eigenvalue weighted by atomic mass is 9.96. The quantitative estimate of drug-likeness (QED) is 0.846. The van der Waals surface area contributed by atoms with Crippen LogP contribution in [0.4, 0.5) is 22.0 Å². The van der Waals surface area contributed by atoms with Gasteiger partial charge in [0.1, 0.15) is 0 Å². The van der Waals surface area contributed by atoms with Crippen LogP contribution in [0.15, 0.2) is 18.2 Å². The molecule has 2 nitrogen and oxygen atoms in total. The zero-order valence-corrected chi connectivity index (χ0v) is 8.97. The van der Waals surface area contributed by atoms with Crippen molar-refractivity contribution in [2.45, 2.75) is 25.4 Å². The predicted molar refractivity (Wildman–Crippen MR) is 52.4 cm³/mol. The van der Waals surface area contributed by atoms with Gasteiger partial charge in [0, 0.05) is 12.0 Å². The van der Waals surface area contributed by atoms with Crippen molar-refractivity contribution in [1.82, 2.24) is 0 Å². The van der Waals surface area contributed by atoms with Crippen molar-refractivity contribution in [3.8, 4) is 0 Å². The van der Waals surface area contributed by atoms with E-state index >= 15 is 0 Å². The van der Waals surface area contributed by atoms with Gasteiger partial charge in [-0.2, -0.15) is 13.2 Å². The first kappa shape index (κ1) is 14.4. The molecule has 0 atom stereocenters. The summed E-state index contributed by atoms with van der Waals surface area (Å²) in [5.74, 6) is -1.34. The summed E-state index contributed by atoms with van der Waals surface area (Å²) in [6.45, 7) is 0. The number of carboxylic acids is 1. The molecular weight excluding hydrogens is 259 g/mol. The largest absolute Gasteiger partial charge is 0.481 e. The van der Waals surface area contributed by atoms with Crippen LogP contribution in [-0.4, -0.2) is 11.1 Å². The first-order chi connectivity index (χ1) is 8.23. The van der Waals surface area contributed by atoms with E-state index in [1.54, 1.807) is 0 Å². The minimum absolute atomic E-state index is 0.579. The number of benzene rings is 1. The van der Waals surface area contributed by atoms with E-state index in [1.165, 1.54) is 0 Å². The molecule has 0 aliphatic heterocycles. The van der Waals surface area contributed by atoms with Crippen LogP contribution >= 0.6 is 0 Å². The lowest BCUT2D eigenvalue weighted by Gasteiger charge is -2.16. The van der Waals surface area contributed by atoms with E-state index in [-0.39, 0.29) is 0 Å². The van der Waals surface area contributed by atoms with Gasteiger partial charge < -0.3 is 5.11 Å². The second-order valence-electron chi connectivity index (χ2n) is 3.57. The summed E-state index contributed by atoms with van der Waals surface area (Å²) in [5.41, 5.74) is -2.63. The highest BCUT2D eigenvalue weighted by molar-refractivity contribution is 5.67. The summed E-state index contributed by atoms with van der Waals surface area (Å²) in [6, 6.07) is 2.43. The molecule has 0 unspecified atom stereocenters. The number of rotatable bonds is 4. The van der Waals surface area contributed by atoms with Crippen LogP contribution in [0.25, 0.3) is 0 Å². The number of hydrogen-bond donors (Lipinski definition) is 1. The van der Waals surface area contributed by atoms with E-state index in [0.29, 0.717) is 6.07 Å². The topological polar surface area (TPSA) is 37.3 Å². The molecule has 7 heteroatoms. The van der Waals surface area contributed by atoms with Crippen LogP contribution in [0.3, 0.4) is 0 Å². The summed E-state index contributed by atoms with van der Waals surface area (Å²) >= 11 is 0. The van der Waals surface area contributed by atoms with E-state index in [1.807, 2.05) is 0 Å². The molecule has 0 aliphatic carbocycles. The molecule has 0 saturated heterocycles. The lowest BCUT2D eigenvalue weighted by Crippen LogP contribution is -2.13. The van der Waals surface area contributed by atoms with Gasteiger partial charge in [-0.05, 0) is 18.1 Å². The molecule has 0 spiro atoms. The third-order valence-corrected chi connectivity index (χ3v) is 2.34. The Balaban J connectivity index is 3.25. The van der Waals surface area contributed by atoms with E-state index in [4.69, 9.17) is 5.11 Å². The summed E-state index contributed by atoms with van der Waals surface area (Å²) in [4.78, 5) is 10.3. The molecular formula is C11H9F5O2. The summed E-state index contributed by atoms with van der Waals surface area (Å²) in [6.07, 6.45) is -9.06. The molecule has 0 bridgehead atoms. The smallest absolute Gasteiger partial charge is 0.416 e. The Labute approximate surface area is 99.0 Å². The molecule has 1 rings (SSSR count). The molecule has 1 aromatic carbocycles. The van der Waals surface area contributed by atoms with Crippen molar-refractivity contribution >= 4 is 5.97 Å². The second-order valence-corrected chi connectivity index (χ2v) is 3.57. The van der Waals surface area contributed by atoms with Crippen LogP contribution in [-0.2, 0) is 17.4 Å². The molecule has 18 heavy (non-hydrogen) atoms. The molecule has 1 aromatic rings. The minimum Gasteiger partial charge on any atom is -0.481 e. The number of aliphatic carboxylic acids is 1. The molecule has 0 fully saturated rings. The molecule has 0 heterocycles. The SMILES string of the molecule is O=C(O)CCc1c(C(F)F)cccc1C(F)(F)F. The van der Waals surface area contributed by atoms with Gasteiger partial charge in [-0.1, -0.05) is 12.1 Å². The van der Waals surface area contributed by atoms with Crippen molar-refractivity contribution in [2.24, 2.45) is 0 Å². The highest BCUT2D eigenvalue weighted by Gasteiger charge is 2.35. The fourth-order valence-electron chi connectivity index (χ4n) is 1.59. The number of carboxylic acid groups (broad SMARTS) is 1. The Morgan fingerprint density at radius 2 is 1.89 bits per heavy atom. The van der Waals surface area contributed by atoms with Crippen molar-refractivity contribution in [3.05, 3.63) is 34.9 Å². The molecule has 0 amide bonds. The average molecular weight is 268 g/mol. The summed E-state index contributed by atoms with van der Waals surface area (Å²) < 4.78 is 63.1.